The van der Waals surface area contributed by atoms with Gasteiger partial charge in [-0.2, -0.15) is 0 Å². The summed E-state index contributed by atoms with van der Waals surface area (Å²) in [5.41, 5.74) is 5.62. The lowest BCUT2D eigenvalue weighted by Crippen LogP contribution is -2.46. The van der Waals surface area contributed by atoms with Gasteiger partial charge in [-0.15, -0.1) is 0 Å². The summed E-state index contributed by atoms with van der Waals surface area (Å²) < 4.78 is 5.58. The van der Waals surface area contributed by atoms with Gasteiger partial charge >= 0.3 is 0 Å². The Kier molecular flexibility index (Phi) is 6.30. The zero-order valence-electron chi connectivity index (χ0n) is 12.7. The predicted octanol–water partition coefficient (Wildman–Crippen LogP) is 2.22. The number of carbonyl (C=O) groups excluding carboxylic acids is 1. The predicted molar refractivity (Wildman–Crippen MR) is 80.4 cm³/mol. The Hall–Kier alpha value is -0.610. The molecule has 0 aromatic rings. The normalized spacial score (nSPS) is 22.2. The highest BCUT2D eigenvalue weighted by Crippen LogP contribution is 2.34. The first kappa shape index (κ1) is 15.8. The molecule has 0 atom stereocenters. The second kappa shape index (κ2) is 7.99. The van der Waals surface area contributed by atoms with Gasteiger partial charge in [0.2, 0.25) is 5.91 Å². The number of amides is 1. The third-order valence-corrected chi connectivity index (χ3v) is 4.73. The third kappa shape index (κ3) is 4.74. The topological polar surface area (TPSA) is 64.4 Å². The fourth-order valence-electron chi connectivity index (χ4n) is 3.03. The number of nitrogens with one attached hydrogen (secondary N) is 1. The Bertz CT molecular complexity index is 295. The van der Waals surface area contributed by atoms with Gasteiger partial charge in [0.15, 0.2) is 0 Å². The van der Waals surface area contributed by atoms with Crippen molar-refractivity contribution in [3.05, 3.63) is 0 Å². The van der Waals surface area contributed by atoms with Crippen molar-refractivity contribution in [2.24, 2.45) is 17.1 Å². The third-order valence-electron chi connectivity index (χ3n) is 4.73. The van der Waals surface area contributed by atoms with E-state index in [2.05, 4.69) is 5.32 Å². The van der Waals surface area contributed by atoms with Crippen LogP contribution in [-0.2, 0) is 9.53 Å². The molecule has 2 aliphatic carbocycles. The van der Waals surface area contributed by atoms with Gasteiger partial charge in [0.25, 0.3) is 0 Å². The minimum atomic E-state index is -0.300. The van der Waals surface area contributed by atoms with Crippen LogP contribution in [0, 0.1) is 11.3 Å². The number of hydrogen-bond acceptors (Lipinski definition) is 3. The molecule has 2 aliphatic rings. The first-order valence-electron chi connectivity index (χ1n) is 8.33. The monoisotopic (exact) mass is 282 g/mol. The zero-order chi connectivity index (χ0) is 14.3. The number of ether oxygens (including phenoxy) is 1. The summed E-state index contributed by atoms with van der Waals surface area (Å²) >= 11 is 0. The molecule has 2 fully saturated rings. The molecule has 0 aliphatic heterocycles. The molecule has 0 unspecified atom stereocenters. The molecule has 116 valence electrons. The Morgan fingerprint density at radius 1 is 1.20 bits per heavy atom. The molecule has 0 spiro atoms. The summed E-state index contributed by atoms with van der Waals surface area (Å²) in [6, 6.07) is 0. The molecule has 2 rings (SSSR count). The molecule has 4 heteroatoms. The van der Waals surface area contributed by atoms with Crippen molar-refractivity contribution in [2.75, 3.05) is 26.3 Å². The smallest absolute Gasteiger partial charge is 0.227 e. The Morgan fingerprint density at radius 2 is 1.90 bits per heavy atom. The van der Waals surface area contributed by atoms with Crippen molar-refractivity contribution < 1.29 is 9.53 Å². The second-order valence-corrected chi connectivity index (χ2v) is 6.53. The molecule has 1 amide bonds. The SMILES string of the molecule is NCC1(C(=O)NCCCOCC2CC2)CCCCCC1. The van der Waals surface area contributed by atoms with E-state index in [1.165, 1.54) is 25.7 Å². The molecule has 0 bridgehead atoms. The Labute approximate surface area is 122 Å². The molecule has 0 aromatic heterocycles. The summed E-state index contributed by atoms with van der Waals surface area (Å²) in [5.74, 6) is 0.986. The van der Waals surface area contributed by atoms with E-state index < -0.39 is 0 Å². The highest BCUT2D eigenvalue weighted by atomic mass is 16.5. The quantitative estimate of drug-likeness (QED) is 0.530. The van der Waals surface area contributed by atoms with Crippen molar-refractivity contribution in [3.8, 4) is 0 Å². The Morgan fingerprint density at radius 3 is 2.50 bits per heavy atom. The average molecular weight is 282 g/mol. The molecule has 3 N–H and O–H groups in total. The molecular formula is C16H30N2O2. The van der Waals surface area contributed by atoms with Gasteiger partial charge in [-0.1, -0.05) is 25.7 Å². The van der Waals surface area contributed by atoms with Gasteiger partial charge in [-0.3, -0.25) is 4.79 Å². The van der Waals surface area contributed by atoms with Crippen LogP contribution in [0.1, 0.15) is 57.8 Å². The highest BCUT2D eigenvalue weighted by molar-refractivity contribution is 5.82. The van der Waals surface area contributed by atoms with Crippen molar-refractivity contribution in [1.82, 2.24) is 5.32 Å². The number of nitrogens with two attached hydrogens (primary N) is 1. The lowest BCUT2D eigenvalue weighted by Gasteiger charge is -2.29. The molecular weight excluding hydrogens is 252 g/mol. The summed E-state index contributed by atoms with van der Waals surface area (Å²) in [5, 5.41) is 3.08. The van der Waals surface area contributed by atoms with Gasteiger partial charge < -0.3 is 15.8 Å². The van der Waals surface area contributed by atoms with Gasteiger partial charge in [0.1, 0.15) is 0 Å². The van der Waals surface area contributed by atoms with E-state index in [1.807, 2.05) is 0 Å². The van der Waals surface area contributed by atoms with Crippen LogP contribution in [0.4, 0.5) is 0 Å². The van der Waals surface area contributed by atoms with Gasteiger partial charge in [0, 0.05) is 26.3 Å². The van der Waals surface area contributed by atoms with Crippen LogP contribution in [-0.4, -0.2) is 32.2 Å². The fourth-order valence-corrected chi connectivity index (χ4v) is 3.03. The van der Waals surface area contributed by atoms with Crippen LogP contribution in [0.3, 0.4) is 0 Å². The van der Waals surface area contributed by atoms with Crippen LogP contribution in [0.15, 0.2) is 0 Å². The number of hydrogen-bond donors (Lipinski definition) is 2. The van der Waals surface area contributed by atoms with E-state index in [1.54, 1.807) is 0 Å². The summed E-state index contributed by atoms with van der Waals surface area (Å²) in [6.07, 6.45) is 10.2. The van der Waals surface area contributed by atoms with Crippen molar-refractivity contribution in [2.45, 2.75) is 57.8 Å². The van der Waals surface area contributed by atoms with E-state index in [4.69, 9.17) is 10.5 Å². The van der Waals surface area contributed by atoms with Crippen LogP contribution in [0.25, 0.3) is 0 Å². The maximum absolute atomic E-state index is 12.4. The summed E-state index contributed by atoms with van der Waals surface area (Å²) in [4.78, 5) is 12.4. The van der Waals surface area contributed by atoms with E-state index >= 15 is 0 Å². The van der Waals surface area contributed by atoms with E-state index in [0.717, 1.165) is 51.2 Å². The first-order valence-corrected chi connectivity index (χ1v) is 8.33. The van der Waals surface area contributed by atoms with E-state index in [-0.39, 0.29) is 11.3 Å². The minimum absolute atomic E-state index is 0.170. The first-order chi connectivity index (χ1) is 9.77. The standard InChI is InChI=1S/C16H30N2O2/c17-13-16(8-3-1-2-4-9-16)15(19)18-10-5-11-20-12-14-6-7-14/h14H,1-13,17H2,(H,18,19). The van der Waals surface area contributed by atoms with Crippen LogP contribution >= 0.6 is 0 Å². The maximum Gasteiger partial charge on any atom is 0.227 e. The molecule has 20 heavy (non-hydrogen) atoms. The molecule has 2 saturated carbocycles. The van der Waals surface area contributed by atoms with E-state index in [9.17, 15) is 4.79 Å². The number of rotatable bonds is 8. The minimum Gasteiger partial charge on any atom is -0.381 e. The van der Waals surface area contributed by atoms with E-state index in [0.29, 0.717) is 13.1 Å². The maximum atomic E-state index is 12.4. The highest BCUT2D eigenvalue weighted by Gasteiger charge is 2.36. The van der Waals surface area contributed by atoms with Crippen molar-refractivity contribution in [1.29, 1.82) is 0 Å². The zero-order valence-corrected chi connectivity index (χ0v) is 12.7. The van der Waals surface area contributed by atoms with Crippen LogP contribution in [0.2, 0.25) is 0 Å². The largest absolute Gasteiger partial charge is 0.381 e. The van der Waals surface area contributed by atoms with Crippen LogP contribution in [0.5, 0.6) is 0 Å². The number of carbonyl (C=O) groups is 1. The van der Waals surface area contributed by atoms with Crippen molar-refractivity contribution >= 4 is 5.91 Å². The molecule has 4 nitrogen and oxygen atoms in total. The Balaban J connectivity index is 1.63. The lowest BCUT2D eigenvalue weighted by atomic mass is 9.79. The molecule has 0 aromatic carbocycles. The van der Waals surface area contributed by atoms with Crippen molar-refractivity contribution in [3.63, 3.8) is 0 Å². The molecule has 0 heterocycles. The average Bonchev–Trinajstić information content (AvgIpc) is 3.28. The lowest BCUT2D eigenvalue weighted by molar-refractivity contribution is -0.131. The summed E-state index contributed by atoms with van der Waals surface area (Å²) in [6.45, 7) is 2.86. The second-order valence-electron chi connectivity index (χ2n) is 6.53. The fraction of sp³-hybridized carbons (Fsp3) is 0.938. The van der Waals surface area contributed by atoms with Gasteiger partial charge in [-0.25, -0.2) is 0 Å². The molecule has 0 radical (unpaired) electrons. The van der Waals surface area contributed by atoms with Gasteiger partial charge in [0.05, 0.1) is 5.41 Å². The summed E-state index contributed by atoms with van der Waals surface area (Å²) in [7, 11) is 0. The van der Waals surface area contributed by atoms with Crippen LogP contribution < -0.4 is 11.1 Å². The molecule has 0 saturated heterocycles. The van der Waals surface area contributed by atoms with Gasteiger partial charge in [-0.05, 0) is 38.0 Å².